The summed E-state index contributed by atoms with van der Waals surface area (Å²) in [6.07, 6.45) is 2.78. The third kappa shape index (κ3) is 3.96. The maximum atomic E-state index is 5.84. The zero-order valence-electron chi connectivity index (χ0n) is 10.4. The van der Waals surface area contributed by atoms with E-state index < -0.39 is 0 Å². The number of hydrogen-bond acceptors (Lipinski definition) is 6. The van der Waals surface area contributed by atoms with Crippen LogP contribution in [0.15, 0.2) is 0 Å². The summed E-state index contributed by atoms with van der Waals surface area (Å²) in [5.41, 5.74) is 0. The van der Waals surface area contributed by atoms with Crippen molar-refractivity contribution in [3.63, 3.8) is 0 Å². The Morgan fingerprint density at radius 2 is 2.11 bits per heavy atom. The lowest BCUT2D eigenvalue weighted by Crippen LogP contribution is -2.26. The van der Waals surface area contributed by atoms with Crippen LogP contribution in [0.1, 0.15) is 26.2 Å². The number of halogens is 1. The highest BCUT2D eigenvalue weighted by atomic mass is 35.5. The molecule has 0 saturated carbocycles. The van der Waals surface area contributed by atoms with Gasteiger partial charge < -0.3 is 14.8 Å². The van der Waals surface area contributed by atoms with Crippen LogP contribution in [0.4, 0.5) is 5.95 Å². The zero-order valence-corrected chi connectivity index (χ0v) is 11.1. The van der Waals surface area contributed by atoms with E-state index in [-0.39, 0.29) is 17.4 Å². The van der Waals surface area contributed by atoms with Gasteiger partial charge in [-0.25, -0.2) is 0 Å². The SMILES string of the molecule is CCCNc1nc(Cl)nc(OC2CCOCC2)n1. The van der Waals surface area contributed by atoms with E-state index in [1.165, 1.54) is 0 Å². The van der Waals surface area contributed by atoms with Crippen molar-refractivity contribution in [3.8, 4) is 6.01 Å². The van der Waals surface area contributed by atoms with Gasteiger partial charge in [0.1, 0.15) is 6.10 Å². The van der Waals surface area contributed by atoms with Crippen molar-refractivity contribution >= 4 is 17.5 Å². The molecule has 0 spiro atoms. The van der Waals surface area contributed by atoms with Gasteiger partial charge in [0.15, 0.2) is 0 Å². The highest BCUT2D eigenvalue weighted by Crippen LogP contribution is 2.16. The standard InChI is InChI=1S/C11H17ClN4O2/c1-2-5-13-10-14-9(12)15-11(16-10)18-8-3-6-17-7-4-8/h8H,2-7H2,1H3,(H,13,14,15,16). The Morgan fingerprint density at radius 3 is 2.83 bits per heavy atom. The monoisotopic (exact) mass is 272 g/mol. The van der Waals surface area contributed by atoms with E-state index in [9.17, 15) is 0 Å². The summed E-state index contributed by atoms with van der Waals surface area (Å²) in [7, 11) is 0. The van der Waals surface area contributed by atoms with E-state index in [4.69, 9.17) is 21.1 Å². The smallest absolute Gasteiger partial charge is 0.322 e. The lowest BCUT2D eigenvalue weighted by molar-refractivity contribution is 0.0217. The van der Waals surface area contributed by atoms with Gasteiger partial charge >= 0.3 is 6.01 Å². The lowest BCUT2D eigenvalue weighted by Gasteiger charge is -2.22. The first-order chi connectivity index (χ1) is 8.78. The third-order valence-electron chi connectivity index (χ3n) is 2.56. The predicted octanol–water partition coefficient (Wildman–Crippen LogP) is 1.90. The molecule has 7 heteroatoms. The Kier molecular flexibility index (Phi) is 4.95. The fraction of sp³-hybridized carbons (Fsp3) is 0.727. The molecule has 0 aromatic carbocycles. The fourth-order valence-corrected chi connectivity index (χ4v) is 1.80. The Labute approximate surface area is 111 Å². The minimum absolute atomic E-state index is 0.0937. The Hall–Kier alpha value is -1.14. The number of ether oxygens (including phenoxy) is 2. The minimum Gasteiger partial charge on any atom is -0.460 e. The molecule has 1 aromatic heterocycles. The zero-order chi connectivity index (χ0) is 12.8. The van der Waals surface area contributed by atoms with Crippen molar-refractivity contribution in [3.05, 3.63) is 5.28 Å². The van der Waals surface area contributed by atoms with E-state index in [1.807, 2.05) is 0 Å². The molecular formula is C11H17ClN4O2. The van der Waals surface area contributed by atoms with Gasteiger partial charge in [0.2, 0.25) is 11.2 Å². The first-order valence-electron chi connectivity index (χ1n) is 6.17. The summed E-state index contributed by atoms with van der Waals surface area (Å²) in [5, 5.41) is 3.21. The molecule has 0 atom stereocenters. The van der Waals surface area contributed by atoms with Gasteiger partial charge in [-0.3, -0.25) is 0 Å². The van der Waals surface area contributed by atoms with Gasteiger partial charge in [-0.2, -0.15) is 15.0 Å². The summed E-state index contributed by atoms with van der Waals surface area (Å²) >= 11 is 5.84. The normalized spacial score (nSPS) is 16.6. The topological polar surface area (TPSA) is 69.2 Å². The van der Waals surface area contributed by atoms with Gasteiger partial charge in [-0.1, -0.05) is 6.92 Å². The van der Waals surface area contributed by atoms with Crippen molar-refractivity contribution in [2.75, 3.05) is 25.1 Å². The van der Waals surface area contributed by atoms with Gasteiger partial charge in [0.05, 0.1) is 13.2 Å². The van der Waals surface area contributed by atoms with Gasteiger partial charge in [0, 0.05) is 19.4 Å². The van der Waals surface area contributed by atoms with E-state index in [0.717, 1.165) is 25.8 Å². The van der Waals surface area contributed by atoms with Crippen LogP contribution in [0.3, 0.4) is 0 Å². The Balaban J connectivity index is 1.99. The van der Waals surface area contributed by atoms with Crippen molar-refractivity contribution in [2.45, 2.75) is 32.3 Å². The number of rotatable bonds is 5. The number of nitrogens with zero attached hydrogens (tertiary/aromatic N) is 3. The molecule has 1 N–H and O–H groups in total. The molecule has 1 fully saturated rings. The second-order valence-electron chi connectivity index (χ2n) is 4.07. The first kappa shape index (κ1) is 13.3. The molecule has 1 aromatic rings. The molecule has 0 aliphatic carbocycles. The van der Waals surface area contributed by atoms with Crippen LogP contribution in [0, 0.1) is 0 Å². The summed E-state index contributed by atoms with van der Waals surface area (Å²) in [6.45, 7) is 4.28. The lowest BCUT2D eigenvalue weighted by atomic mass is 10.2. The predicted molar refractivity (Wildman–Crippen MR) is 68.1 cm³/mol. The summed E-state index contributed by atoms with van der Waals surface area (Å²) in [4.78, 5) is 12.2. The summed E-state index contributed by atoms with van der Waals surface area (Å²) < 4.78 is 11.0. The maximum absolute atomic E-state index is 5.84. The minimum atomic E-state index is 0.0937. The molecule has 100 valence electrons. The highest BCUT2D eigenvalue weighted by Gasteiger charge is 2.17. The molecule has 1 saturated heterocycles. The highest BCUT2D eigenvalue weighted by molar-refractivity contribution is 6.28. The van der Waals surface area contributed by atoms with Crippen LogP contribution in [0.2, 0.25) is 5.28 Å². The van der Waals surface area contributed by atoms with Gasteiger partial charge in [-0.15, -0.1) is 0 Å². The molecule has 6 nitrogen and oxygen atoms in total. The largest absolute Gasteiger partial charge is 0.460 e. The quantitative estimate of drug-likeness (QED) is 0.883. The number of nitrogens with one attached hydrogen (secondary N) is 1. The van der Waals surface area contributed by atoms with Crippen LogP contribution in [0.25, 0.3) is 0 Å². The van der Waals surface area contributed by atoms with Crippen molar-refractivity contribution < 1.29 is 9.47 Å². The molecule has 2 heterocycles. The fourth-order valence-electron chi connectivity index (χ4n) is 1.64. The first-order valence-corrected chi connectivity index (χ1v) is 6.55. The van der Waals surface area contributed by atoms with E-state index in [1.54, 1.807) is 0 Å². The number of anilines is 1. The third-order valence-corrected chi connectivity index (χ3v) is 2.73. The van der Waals surface area contributed by atoms with Crippen LogP contribution in [-0.4, -0.2) is 40.8 Å². The molecule has 0 radical (unpaired) electrons. The average Bonchev–Trinajstić information content (AvgIpc) is 2.37. The van der Waals surface area contributed by atoms with Crippen LogP contribution in [-0.2, 0) is 4.74 Å². The maximum Gasteiger partial charge on any atom is 0.322 e. The van der Waals surface area contributed by atoms with E-state index in [0.29, 0.717) is 19.2 Å². The van der Waals surface area contributed by atoms with Crippen molar-refractivity contribution in [1.82, 2.24) is 15.0 Å². The molecule has 0 amide bonds. The molecule has 0 bridgehead atoms. The van der Waals surface area contributed by atoms with Gasteiger partial charge in [-0.05, 0) is 18.0 Å². The second-order valence-corrected chi connectivity index (χ2v) is 4.41. The summed E-state index contributed by atoms with van der Waals surface area (Å²) in [6, 6.07) is 0.278. The number of hydrogen-bond donors (Lipinski definition) is 1. The van der Waals surface area contributed by atoms with Crippen molar-refractivity contribution in [1.29, 1.82) is 0 Å². The second kappa shape index (κ2) is 6.70. The van der Waals surface area contributed by atoms with Gasteiger partial charge in [0.25, 0.3) is 0 Å². The molecule has 0 unspecified atom stereocenters. The van der Waals surface area contributed by atoms with E-state index in [2.05, 4.69) is 27.2 Å². The van der Waals surface area contributed by atoms with Crippen LogP contribution < -0.4 is 10.1 Å². The molecule has 2 rings (SSSR count). The van der Waals surface area contributed by atoms with Crippen molar-refractivity contribution in [2.24, 2.45) is 0 Å². The Morgan fingerprint density at radius 1 is 1.33 bits per heavy atom. The van der Waals surface area contributed by atoms with Crippen LogP contribution in [0.5, 0.6) is 6.01 Å². The number of aromatic nitrogens is 3. The van der Waals surface area contributed by atoms with Crippen LogP contribution >= 0.6 is 11.6 Å². The molecule has 1 aliphatic rings. The molecular weight excluding hydrogens is 256 g/mol. The summed E-state index contributed by atoms with van der Waals surface area (Å²) in [5.74, 6) is 0.457. The van der Waals surface area contributed by atoms with E-state index >= 15 is 0 Å². The average molecular weight is 273 g/mol. The molecule has 18 heavy (non-hydrogen) atoms. The Bertz CT molecular complexity index is 385. The molecule has 1 aliphatic heterocycles.